The number of fused-ring (bicyclic) bond motifs is 1. The van der Waals surface area contributed by atoms with Gasteiger partial charge in [-0.1, -0.05) is 0 Å². The van der Waals surface area contributed by atoms with E-state index < -0.39 is 5.97 Å². The van der Waals surface area contributed by atoms with E-state index in [9.17, 15) is 4.79 Å². The first-order valence-corrected chi connectivity index (χ1v) is 13.4. The second-order valence-electron chi connectivity index (χ2n) is 9.72. The van der Waals surface area contributed by atoms with Gasteiger partial charge in [0.15, 0.2) is 24.9 Å². The minimum atomic E-state index is -0.433. The summed E-state index contributed by atoms with van der Waals surface area (Å²) in [7, 11) is 1.33. The van der Waals surface area contributed by atoms with Gasteiger partial charge in [0, 0.05) is 29.9 Å². The highest BCUT2D eigenvalue weighted by molar-refractivity contribution is 5.83. The van der Waals surface area contributed by atoms with Gasteiger partial charge < -0.3 is 24.3 Å². The maximum atomic E-state index is 11.4. The molecule has 6 rings (SSSR count). The van der Waals surface area contributed by atoms with Crippen molar-refractivity contribution in [1.29, 1.82) is 0 Å². The smallest absolute Gasteiger partial charge is 0.343 e. The number of benzene rings is 2. The molecule has 4 heterocycles. The fraction of sp³-hybridized carbons (Fsp3) is 0.429. The summed E-state index contributed by atoms with van der Waals surface area (Å²) >= 11 is 0. The summed E-state index contributed by atoms with van der Waals surface area (Å²) in [4.78, 5) is 16.2. The van der Waals surface area contributed by atoms with Gasteiger partial charge in [0.05, 0.1) is 18.8 Å². The molecule has 0 aliphatic carbocycles. The fourth-order valence-electron chi connectivity index (χ4n) is 5.00. The molecule has 0 bridgehead atoms. The van der Waals surface area contributed by atoms with Crippen LogP contribution in [0.1, 0.15) is 51.0 Å². The molecule has 2 saturated heterocycles. The summed E-state index contributed by atoms with van der Waals surface area (Å²) in [6.45, 7) is 1.32. The Hall–Kier alpha value is -3.96. The Kier molecular flexibility index (Phi) is 7.42. The molecule has 0 saturated carbocycles. The Morgan fingerprint density at radius 3 is 2.44 bits per heavy atom. The van der Waals surface area contributed by atoms with Crippen molar-refractivity contribution in [3.8, 4) is 17.1 Å². The first-order valence-electron chi connectivity index (χ1n) is 13.4. The summed E-state index contributed by atoms with van der Waals surface area (Å²) < 4.78 is 25.9. The van der Waals surface area contributed by atoms with Crippen LogP contribution in [0.3, 0.4) is 0 Å². The largest absolute Gasteiger partial charge is 0.482 e. The molecular formula is C28H32N6O5. The Balaban J connectivity index is 1.25. The van der Waals surface area contributed by atoms with Gasteiger partial charge in [0.2, 0.25) is 5.95 Å². The first kappa shape index (κ1) is 25.3. The van der Waals surface area contributed by atoms with Crippen molar-refractivity contribution < 1.29 is 23.7 Å². The van der Waals surface area contributed by atoms with Crippen molar-refractivity contribution in [2.45, 2.75) is 51.0 Å². The van der Waals surface area contributed by atoms with Crippen LogP contribution in [0.25, 0.3) is 22.3 Å². The third-order valence-corrected chi connectivity index (χ3v) is 7.04. The second kappa shape index (κ2) is 11.4. The van der Waals surface area contributed by atoms with Gasteiger partial charge >= 0.3 is 5.97 Å². The summed E-state index contributed by atoms with van der Waals surface area (Å²) in [5.74, 6) is 1.30. The number of ether oxygens (including phenoxy) is 4. The van der Waals surface area contributed by atoms with Crippen LogP contribution in [0.4, 0.5) is 11.6 Å². The molecule has 2 fully saturated rings. The predicted octanol–water partition coefficient (Wildman–Crippen LogP) is 4.99. The zero-order valence-electron chi connectivity index (χ0n) is 21.9. The molecule has 39 heavy (non-hydrogen) atoms. The number of esters is 1. The van der Waals surface area contributed by atoms with Crippen molar-refractivity contribution in [2.75, 3.05) is 32.2 Å². The van der Waals surface area contributed by atoms with Gasteiger partial charge in [-0.2, -0.15) is 10.1 Å². The normalized spacial score (nSPS) is 19.6. The van der Waals surface area contributed by atoms with Gasteiger partial charge in [0.1, 0.15) is 5.75 Å². The second-order valence-corrected chi connectivity index (χ2v) is 9.72. The molecule has 0 amide bonds. The Morgan fingerprint density at radius 1 is 1.00 bits per heavy atom. The molecule has 2 aliphatic rings. The van der Waals surface area contributed by atoms with Gasteiger partial charge in [-0.25, -0.2) is 14.2 Å². The van der Waals surface area contributed by atoms with Gasteiger partial charge in [-0.05, 0) is 81.0 Å². The van der Waals surface area contributed by atoms with E-state index in [1.807, 2.05) is 39.8 Å². The highest BCUT2D eigenvalue weighted by atomic mass is 16.6. The molecule has 11 heteroatoms. The Morgan fingerprint density at radius 2 is 1.74 bits per heavy atom. The molecule has 11 nitrogen and oxygen atoms in total. The molecular weight excluding hydrogens is 500 g/mol. The van der Waals surface area contributed by atoms with Crippen LogP contribution in [-0.2, 0) is 19.0 Å². The van der Waals surface area contributed by atoms with E-state index in [0.717, 1.165) is 67.3 Å². The van der Waals surface area contributed by atoms with Crippen LogP contribution in [0.2, 0.25) is 0 Å². The van der Waals surface area contributed by atoms with Gasteiger partial charge in [-0.3, -0.25) is 0 Å². The number of carbonyl (C=O) groups is 1. The van der Waals surface area contributed by atoms with Crippen molar-refractivity contribution in [1.82, 2.24) is 24.5 Å². The zero-order valence-corrected chi connectivity index (χ0v) is 21.9. The molecule has 204 valence electrons. The summed E-state index contributed by atoms with van der Waals surface area (Å²) in [5.41, 5.74) is 2.77. The molecule has 0 spiro atoms. The number of carbonyl (C=O) groups excluding carboxylic acids is 1. The maximum absolute atomic E-state index is 11.4. The van der Waals surface area contributed by atoms with Crippen LogP contribution < -0.4 is 10.1 Å². The van der Waals surface area contributed by atoms with Gasteiger partial charge in [-0.15, -0.1) is 5.10 Å². The predicted molar refractivity (Wildman–Crippen MR) is 144 cm³/mol. The lowest BCUT2D eigenvalue weighted by atomic mass is 10.1. The number of anilines is 2. The molecule has 0 radical (unpaired) electrons. The van der Waals surface area contributed by atoms with E-state index in [1.54, 1.807) is 12.1 Å². The van der Waals surface area contributed by atoms with Gasteiger partial charge in [0.25, 0.3) is 0 Å². The van der Waals surface area contributed by atoms with E-state index in [2.05, 4.69) is 21.2 Å². The maximum Gasteiger partial charge on any atom is 0.343 e. The van der Waals surface area contributed by atoms with Crippen molar-refractivity contribution in [3.05, 3.63) is 48.7 Å². The summed E-state index contributed by atoms with van der Waals surface area (Å²) in [6, 6.07) is 13.5. The van der Waals surface area contributed by atoms with Crippen LogP contribution >= 0.6 is 0 Å². The van der Waals surface area contributed by atoms with Crippen molar-refractivity contribution in [2.24, 2.45) is 0 Å². The lowest BCUT2D eigenvalue weighted by Crippen LogP contribution is -2.20. The number of aromatic nitrogens is 5. The van der Waals surface area contributed by atoms with E-state index in [4.69, 9.17) is 24.3 Å². The zero-order chi connectivity index (χ0) is 26.6. The number of hydrogen-bond acceptors (Lipinski definition) is 9. The standard InChI is InChI=1S/C28H32N6O5/c1-36-26(35)18-39-22-11-8-19(9-12-22)27-31-28(32-34(27)25-7-3-5-15-38-25)30-21-10-13-23-20(16-21)17-29-33(23)24-6-2-4-14-37-24/h8-13,16-17,24-25H,2-7,14-15,18H2,1H3,(H,30,32). The summed E-state index contributed by atoms with van der Waals surface area (Å²) in [6.07, 6.45) is 7.87. The average molecular weight is 533 g/mol. The van der Waals surface area contributed by atoms with Crippen molar-refractivity contribution >= 4 is 28.5 Å². The molecule has 2 aliphatic heterocycles. The summed E-state index contributed by atoms with van der Waals surface area (Å²) in [5, 5.41) is 13.8. The minimum absolute atomic E-state index is 0.0114. The Labute approximate surface area is 226 Å². The fourth-order valence-corrected chi connectivity index (χ4v) is 5.00. The highest BCUT2D eigenvalue weighted by Crippen LogP contribution is 2.32. The number of nitrogens with zero attached hydrogens (tertiary/aromatic N) is 5. The molecule has 2 aromatic carbocycles. The van der Waals surface area contributed by atoms with Crippen LogP contribution in [0, 0.1) is 0 Å². The number of rotatable bonds is 8. The molecule has 1 N–H and O–H groups in total. The minimum Gasteiger partial charge on any atom is -0.482 e. The van der Waals surface area contributed by atoms with E-state index >= 15 is 0 Å². The molecule has 2 atom stereocenters. The third kappa shape index (κ3) is 5.59. The molecule has 2 unspecified atom stereocenters. The molecule has 2 aromatic heterocycles. The van der Waals surface area contributed by atoms with Crippen molar-refractivity contribution in [3.63, 3.8) is 0 Å². The van der Waals surface area contributed by atoms with E-state index in [1.165, 1.54) is 7.11 Å². The van der Waals surface area contributed by atoms with E-state index in [-0.39, 0.29) is 19.1 Å². The average Bonchev–Trinajstić information content (AvgIpc) is 3.61. The quantitative estimate of drug-likeness (QED) is 0.314. The Bertz CT molecular complexity index is 1420. The highest BCUT2D eigenvalue weighted by Gasteiger charge is 2.23. The SMILES string of the molecule is COC(=O)COc1ccc(-c2nc(Nc3ccc4c(cnn4C4CCCCO4)c3)nn2C2CCCCO2)cc1. The number of hydrogen-bond donors (Lipinski definition) is 1. The van der Waals surface area contributed by atoms with Crippen LogP contribution in [0.5, 0.6) is 5.75 Å². The topological polar surface area (TPSA) is 115 Å². The molecule has 4 aromatic rings. The number of nitrogens with one attached hydrogen (secondary N) is 1. The number of methoxy groups -OCH3 is 1. The first-order chi connectivity index (χ1) is 19.2. The lowest BCUT2D eigenvalue weighted by Gasteiger charge is -2.23. The van der Waals surface area contributed by atoms with Crippen LogP contribution in [0.15, 0.2) is 48.7 Å². The van der Waals surface area contributed by atoms with E-state index in [0.29, 0.717) is 24.1 Å². The monoisotopic (exact) mass is 532 g/mol. The van der Waals surface area contributed by atoms with Crippen LogP contribution in [-0.4, -0.2) is 57.4 Å². The lowest BCUT2D eigenvalue weighted by molar-refractivity contribution is -0.142. The third-order valence-electron chi connectivity index (χ3n) is 7.04.